The summed E-state index contributed by atoms with van der Waals surface area (Å²) in [4.78, 5) is 2.34. The zero-order chi connectivity index (χ0) is 15.3. The Morgan fingerprint density at radius 3 is 2.65 bits per heavy atom. The van der Waals surface area contributed by atoms with Crippen molar-refractivity contribution in [1.29, 1.82) is 0 Å². The predicted octanol–water partition coefficient (Wildman–Crippen LogP) is 2.04. The van der Waals surface area contributed by atoms with Crippen LogP contribution in [0, 0.1) is 0 Å². The summed E-state index contributed by atoms with van der Waals surface area (Å²) in [7, 11) is -1.50. The summed E-state index contributed by atoms with van der Waals surface area (Å²) in [6.07, 6.45) is 1.04. The number of hydrogen-bond acceptors (Lipinski definition) is 4. The minimum atomic E-state index is -3.49. The molecule has 0 aromatic heterocycles. The third-order valence-corrected chi connectivity index (χ3v) is 5.53. The van der Waals surface area contributed by atoms with E-state index in [1.165, 1.54) is 12.1 Å². The summed E-state index contributed by atoms with van der Waals surface area (Å²) in [5.74, 6) is 0. The van der Waals surface area contributed by atoms with Gasteiger partial charge < -0.3 is 10.6 Å². The second-order valence-electron chi connectivity index (χ2n) is 4.82. The number of nitrogens with two attached hydrogens (primary N) is 1. The van der Waals surface area contributed by atoms with Gasteiger partial charge in [0, 0.05) is 29.3 Å². The summed E-state index contributed by atoms with van der Waals surface area (Å²) in [6.45, 7) is 5.28. The van der Waals surface area contributed by atoms with Gasteiger partial charge in [0.05, 0.1) is 4.90 Å². The maximum Gasteiger partial charge on any atom is 0.240 e. The third-order valence-electron chi connectivity index (χ3n) is 3.38. The highest BCUT2D eigenvalue weighted by atomic mass is 79.9. The minimum absolute atomic E-state index is 0.213. The molecule has 7 heteroatoms. The van der Waals surface area contributed by atoms with Crippen molar-refractivity contribution in [2.24, 2.45) is 0 Å². The number of likely N-dealkylation sites (N-methyl/N-ethyl adjacent to an activating group) is 1. The molecule has 0 fully saturated rings. The van der Waals surface area contributed by atoms with E-state index in [0.29, 0.717) is 29.3 Å². The Bertz CT molecular complexity index is 549. The highest BCUT2D eigenvalue weighted by molar-refractivity contribution is 9.10. The van der Waals surface area contributed by atoms with Crippen LogP contribution in [0.5, 0.6) is 0 Å². The largest absolute Gasteiger partial charge is 0.398 e. The molecule has 0 spiro atoms. The van der Waals surface area contributed by atoms with Crippen LogP contribution >= 0.6 is 15.9 Å². The molecule has 0 bridgehead atoms. The van der Waals surface area contributed by atoms with Gasteiger partial charge >= 0.3 is 0 Å². The molecule has 0 aliphatic rings. The van der Waals surface area contributed by atoms with Gasteiger partial charge in [-0.15, -0.1) is 0 Å². The van der Waals surface area contributed by atoms with Crippen LogP contribution in [0.4, 0.5) is 5.69 Å². The Morgan fingerprint density at radius 2 is 2.10 bits per heavy atom. The van der Waals surface area contributed by atoms with Crippen molar-refractivity contribution in [1.82, 2.24) is 9.62 Å². The van der Waals surface area contributed by atoms with Crippen LogP contribution in [0.15, 0.2) is 27.6 Å². The maximum atomic E-state index is 12.1. The first-order chi connectivity index (χ1) is 9.27. The van der Waals surface area contributed by atoms with E-state index >= 15 is 0 Å². The molecule has 0 saturated carbocycles. The molecule has 0 saturated heterocycles. The van der Waals surface area contributed by atoms with Crippen molar-refractivity contribution in [3.8, 4) is 0 Å². The van der Waals surface area contributed by atoms with Gasteiger partial charge in [-0.25, -0.2) is 13.1 Å². The van der Waals surface area contributed by atoms with Crippen LogP contribution < -0.4 is 10.5 Å². The molecule has 114 valence electrons. The molecule has 0 heterocycles. The smallest absolute Gasteiger partial charge is 0.240 e. The van der Waals surface area contributed by atoms with Crippen molar-refractivity contribution in [2.75, 3.05) is 25.9 Å². The molecule has 0 aliphatic heterocycles. The van der Waals surface area contributed by atoms with Crippen molar-refractivity contribution in [2.45, 2.75) is 31.2 Å². The number of sulfonamides is 1. The standard InChI is InChI=1S/C13H22BrN3O2S/c1-4-10(2)17(3)8-7-16-20(18,19)11-5-6-13(15)12(14)9-11/h5-6,9-10,16H,4,7-8,15H2,1-3H3. The molecule has 0 radical (unpaired) electrons. The lowest BCUT2D eigenvalue weighted by atomic mass is 10.2. The van der Waals surface area contributed by atoms with Crippen LogP contribution in [0.3, 0.4) is 0 Å². The Labute approximate surface area is 129 Å². The monoisotopic (exact) mass is 363 g/mol. The van der Waals surface area contributed by atoms with Gasteiger partial charge in [0.25, 0.3) is 0 Å². The van der Waals surface area contributed by atoms with E-state index in [4.69, 9.17) is 5.73 Å². The van der Waals surface area contributed by atoms with Crippen molar-refractivity contribution < 1.29 is 8.42 Å². The van der Waals surface area contributed by atoms with E-state index in [1.54, 1.807) is 6.07 Å². The molecule has 1 aromatic rings. The summed E-state index contributed by atoms with van der Waals surface area (Å²) in [5.41, 5.74) is 6.17. The molecule has 0 amide bonds. The van der Waals surface area contributed by atoms with Gasteiger partial charge in [0.2, 0.25) is 10.0 Å². The maximum absolute atomic E-state index is 12.1. The predicted molar refractivity (Wildman–Crippen MR) is 86.1 cm³/mol. The van der Waals surface area contributed by atoms with Crippen LogP contribution in [0.25, 0.3) is 0 Å². The first kappa shape index (κ1) is 17.4. The highest BCUT2D eigenvalue weighted by Crippen LogP contribution is 2.22. The first-order valence-electron chi connectivity index (χ1n) is 6.53. The fourth-order valence-corrected chi connectivity index (χ4v) is 3.22. The molecule has 1 atom stereocenters. The fourth-order valence-electron chi connectivity index (χ4n) is 1.65. The lowest BCUT2D eigenvalue weighted by Gasteiger charge is -2.23. The van der Waals surface area contributed by atoms with Gasteiger partial charge in [-0.2, -0.15) is 0 Å². The molecule has 1 unspecified atom stereocenters. The quantitative estimate of drug-likeness (QED) is 0.726. The minimum Gasteiger partial charge on any atom is -0.398 e. The first-order valence-corrected chi connectivity index (χ1v) is 8.80. The van der Waals surface area contributed by atoms with E-state index in [0.717, 1.165) is 6.42 Å². The molecular formula is C13H22BrN3O2S. The average Bonchev–Trinajstić information content (AvgIpc) is 2.40. The van der Waals surface area contributed by atoms with Crippen LogP contribution in [-0.2, 0) is 10.0 Å². The topological polar surface area (TPSA) is 75.4 Å². The Balaban J connectivity index is 2.64. The average molecular weight is 364 g/mol. The Hall–Kier alpha value is -0.630. The SMILES string of the molecule is CCC(C)N(C)CCNS(=O)(=O)c1ccc(N)c(Br)c1. The number of anilines is 1. The number of halogens is 1. The molecule has 20 heavy (non-hydrogen) atoms. The zero-order valence-corrected chi connectivity index (χ0v) is 14.5. The second-order valence-corrected chi connectivity index (χ2v) is 7.44. The Kier molecular flexibility index (Phi) is 6.44. The lowest BCUT2D eigenvalue weighted by Crippen LogP contribution is -2.37. The number of nitrogen functional groups attached to an aromatic ring is 1. The molecular weight excluding hydrogens is 342 g/mol. The van der Waals surface area contributed by atoms with Gasteiger partial charge in [-0.3, -0.25) is 0 Å². The van der Waals surface area contributed by atoms with Crippen molar-refractivity contribution in [3.05, 3.63) is 22.7 Å². The van der Waals surface area contributed by atoms with Gasteiger partial charge in [0.1, 0.15) is 0 Å². The van der Waals surface area contributed by atoms with E-state index < -0.39 is 10.0 Å². The number of nitrogens with zero attached hydrogens (tertiary/aromatic N) is 1. The Morgan fingerprint density at radius 1 is 1.45 bits per heavy atom. The van der Waals surface area contributed by atoms with E-state index in [-0.39, 0.29) is 4.90 Å². The zero-order valence-electron chi connectivity index (χ0n) is 12.1. The number of nitrogens with one attached hydrogen (secondary N) is 1. The van der Waals surface area contributed by atoms with E-state index in [2.05, 4.69) is 39.4 Å². The second kappa shape index (κ2) is 7.40. The molecule has 5 nitrogen and oxygen atoms in total. The molecule has 0 aliphatic carbocycles. The highest BCUT2D eigenvalue weighted by Gasteiger charge is 2.15. The van der Waals surface area contributed by atoms with Crippen LogP contribution in [0.2, 0.25) is 0 Å². The van der Waals surface area contributed by atoms with Crippen LogP contribution in [-0.4, -0.2) is 39.5 Å². The van der Waals surface area contributed by atoms with Crippen molar-refractivity contribution in [3.63, 3.8) is 0 Å². The van der Waals surface area contributed by atoms with E-state index in [9.17, 15) is 8.42 Å². The third kappa shape index (κ3) is 4.73. The fraction of sp³-hybridized carbons (Fsp3) is 0.538. The number of hydrogen-bond donors (Lipinski definition) is 2. The normalized spacial score (nSPS) is 13.7. The van der Waals surface area contributed by atoms with Gasteiger partial charge in [-0.05, 0) is 54.5 Å². The molecule has 3 N–H and O–H groups in total. The van der Waals surface area contributed by atoms with Gasteiger partial charge in [0.15, 0.2) is 0 Å². The van der Waals surface area contributed by atoms with Crippen LogP contribution in [0.1, 0.15) is 20.3 Å². The summed E-state index contributed by atoms with van der Waals surface area (Å²) < 4.78 is 27.4. The lowest BCUT2D eigenvalue weighted by molar-refractivity contribution is 0.256. The van der Waals surface area contributed by atoms with Gasteiger partial charge in [-0.1, -0.05) is 6.92 Å². The van der Waals surface area contributed by atoms with E-state index in [1.807, 2.05) is 7.05 Å². The summed E-state index contributed by atoms with van der Waals surface area (Å²) >= 11 is 3.23. The summed E-state index contributed by atoms with van der Waals surface area (Å²) in [6, 6.07) is 5.02. The van der Waals surface area contributed by atoms with Crippen molar-refractivity contribution >= 4 is 31.6 Å². The molecule has 1 rings (SSSR count). The summed E-state index contributed by atoms with van der Waals surface area (Å²) in [5, 5.41) is 0. The number of rotatable bonds is 7. The number of benzene rings is 1. The molecule has 1 aromatic carbocycles.